The fourth-order valence-electron chi connectivity index (χ4n) is 4.51. The Labute approximate surface area is 198 Å². The molecule has 2 aromatic heterocycles. The van der Waals surface area contributed by atoms with Gasteiger partial charge >= 0.3 is 6.18 Å². The lowest BCUT2D eigenvalue weighted by atomic mass is 9.61. The largest absolute Gasteiger partial charge is 0.420 e. The van der Waals surface area contributed by atoms with Gasteiger partial charge in [-0.3, -0.25) is 9.89 Å². The summed E-state index contributed by atoms with van der Waals surface area (Å²) in [6, 6.07) is 8.46. The first-order chi connectivity index (χ1) is 16.5. The molecule has 0 fully saturated rings. The third kappa shape index (κ3) is 3.83. The van der Waals surface area contributed by atoms with Gasteiger partial charge in [0.15, 0.2) is 0 Å². The maximum atomic E-state index is 14.0. The van der Waals surface area contributed by atoms with E-state index in [9.17, 15) is 23.2 Å². The third-order valence-corrected chi connectivity index (χ3v) is 6.01. The first-order valence-electron chi connectivity index (χ1n) is 10.6. The summed E-state index contributed by atoms with van der Waals surface area (Å²) < 4.78 is 47.5. The van der Waals surface area contributed by atoms with Crippen molar-refractivity contribution >= 4 is 0 Å². The number of aromatic nitrogens is 3. The molecule has 0 saturated heterocycles. The molecule has 1 aliphatic heterocycles. The van der Waals surface area contributed by atoms with Gasteiger partial charge in [-0.1, -0.05) is 25.7 Å². The molecule has 4 N–H and O–H groups in total. The molecule has 0 radical (unpaired) electrons. The Morgan fingerprint density at radius 1 is 1.23 bits per heavy atom. The Balaban J connectivity index is 2.07. The monoisotopic (exact) mass is 479 g/mol. The zero-order valence-electron chi connectivity index (χ0n) is 19.0. The van der Waals surface area contributed by atoms with Gasteiger partial charge in [0.2, 0.25) is 11.8 Å². The predicted octanol–water partition coefficient (Wildman–Crippen LogP) is 3.85. The molecule has 0 saturated carbocycles. The molecule has 0 amide bonds. The van der Waals surface area contributed by atoms with Crippen LogP contribution in [0.15, 0.2) is 52.8 Å². The first-order valence-corrected chi connectivity index (χ1v) is 10.6. The molecule has 0 spiro atoms. The number of aromatic amines is 2. The first kappa shape index (κ1) is 23.7. The number of nitrogens with two attached hydrogens (primary N) is 1. The Morgan fingerprint density at radius 3 is 2.60 bits per heavy atom. The number of fused-ring (bicyclic) bond motifs is 1. The normalized spacial score (nSPS) is 17.3. The van der Waals surface area contributed by atoms with Gasteiger partial charge < -0.3 is 15.5 Å². The number of hydrogen-bond donors (Lipinski definition) is 3. The van der Waals surface area contributed by atoms with Gasteiger partial charge in [-0.25, -0.2) is 0 Å². The van der Waals surface area contributed by atoms with Crippen molar-refractivity contribution in [1.29, 1.82) is 5.26 Å². The molecule has 1 atom stereocenters. The summed E-state index contributed by atoms with van der Waals surface area (Å²) in [7, 11) is 0. The van der Waals surface area contributed by atoms with Crippen molar-refractivity contribution < 1.29 is 17.9 Å². The van der Waals surface area contributed by atoms with E-state index in [1.54, 1.807) is 26.8 Å². The molecule has 1 aliphatic rings. The van der Waals surface area contributed by atoms with Gasteiger partial charge in [-0.2, -0.15) is 18.4 Å². The number of aryl methyl sites for hydroxylation is 1. The van der Waals surface area contributed by atoms with Crippen molar-refractivity contribution in [2.45, 2.75) is 32.4 Å². The molecule has 4 rings (SSSR count). The van der Waals surface area contributed by atoms with Crippen LogP contribution in [0.4, 0.5) is 13.2 Å². The van der Waals surface area contributed by atoms with Crippen LogP contribution in [0.5, 0.6) is 5.88 Å². The highest BCUT2D eigenvalue weighted by atomic mass is 19.4. The number of rotatable bonds is 2. The maximum absolute atomic E-state index is 14.0. The van der Waals surface area contributed by atoms with E-state index in [4.69, 9.17) is 10.5 Å². The van der Waals surface area contributed by atoms with Crippen molar-refractivity contribution in [3.05, 3.63) is 91.8 Å². The number of alkyl halides is 3. The van der Waals surface area contributed by atoms with E-state index in [2.05, 4.69) is 33.1 Å². The van der Waals surface area contributed by atoms with E-state index >= 15 is 0 Å². The minimum atomic E-state index is -4.70. The third-order valence-electron chi connectivity index (χ3n) is 6.01. The second kappa shape index (κ2) is 8.41. The number of hydrogen-bond acceptors (Lipinski definition) is 5. The smallest absolute Gasteiger partial charge is 0.416 e. The molecule has 0 bridgehead atoms. The standard InChI is InChI=1S/C25H20F3N5O2/c1-13(2)24(19(12-29)21(30)35-23-20(24)14(3)32-33-23)17-9-15(10-18(11-17)25(26,27)28)6-7-16-5-4-8-31-22(16)34/h4-5,8-11,13H,30H2,1-3H3,(H,31,34)(H,32,33). The Kier molecular flexibility index (Phi) is 5.69. The summed E-state index contributed by atoms with van der Waals surface area (Å²) in [5.74, 6) is 4.73. The molecular weight excluding hydrogens is 459 g/mol. The fraction of sp³-hybridized carbons (Fsp3) is 0.240. The number of nitrogens with zero attached hydrogens (tertiary/aromatic N) is 2. The molecule has 10 heteroatoms. The lowest BCUT2D eigenvalue weighted by Gasteiger charge is -2.41. The van der Waals surface area contributed by atoms with E-state index in [1.807, 2.05) is 0 Å². The molecular formula is C25H20F3N5O2. The van der Waals surface area contributed by atoms with E-state index in [0.29, 0.717) is 11.3 Å². The van der Waals surface area contributed by atoms with Crippen LogP contribution in [0.2, 0.25) is 0 Å². The van der Waals surface area contributed by atoms with E-state index in [-0.39, 0.29) is 34.0 Å². The molecule has 3 heterocycles. The lowest BCUT2D eigenvalue weighted by molar-refractivity contribution is -0.137. The number of pyridine rings is 1. The summed E-state index contributed by atoms with van der Waals surface area (Å²) in [4.78, 5) is 14.4. The van der Waals surface area contributed by atoms with Gasteiger partial charge in [0.1, 0.15) is 11.6 Å². The molecule has 3 aromatic rings. The van der Waals surface area contributed by atoms with Crippen LogP contribution in [0.1, 0.15) is 47.4 Å². The number of H-pyrrole nitrogens is 2. The summed E-state index contributed by atoms with van der Waals surface area (Å²) in [6.45, 7) is 5.25. The number of ether oxygens (including phenoxy) is 1. The minimum absolute atomic E-state index is 0.0168. The van der Waals surface area contributed by atoms with Crippen molar-refractivity contribution in [2.24, 2.45) is 11.7 Å². The van der Waals surface area contributed by atoms with Crippen LogP contribution in [0, 0.1) is 36.0 Å². The Morgan fingerprint density at radius 2 is 1.97 bits per heavy atom. The number of benzene rings is 1. The zero-order chi connectivity index (χ0) is 25.5. The molecule has 1 unspecified atom stereocenters. The van der Waals surface area contributed by atoms with Gasteiger partial charge in [0.25, 0.3) is 5.56 Å². The molecule has 1 aromatic carbocycles. The van der Waals surface area contributed by atoms with Gasteiger partial charge in [-0.05, 0) is 48.7 Å². The SMILES string of the molecule is Cc1[nH]nc2c1C(c1cc(C#Cc3ccc[nH]c3=O)cc(C(F)(F)F)c1)(C(C)C)C(C#N)=C(N)O2. The second-order valence-corrected chi connectivity index (χ2v) is 8.40. The van der Waals surface area contributed by atoms with Crippen molar-refractivity contribution in [3.63, 3.8) is 0 Å². The highest BCUT2D eigenvalue weighted by molar-refractivity contribution is 5.63. The Bertz CT molecular complexity index is 1510. The molecule has 7 nitrogen and oxygen atoms in total. The van der Waals surface area contributed by atoms with Gasteiger partial charge in [0.05, 0.1) is 22.1 Å². The number of nitriles is 1. The van der Waals surface area contributed by atoms with Crippen LogP contribution < -0.4 is 16.0 Å². The maximum Gasteiger partial charge on any atom is 0.416 e. The fourth-order valence-corrected chi connectivity index (χ4v) is 4.51. The second-order valence-electron chi connectivity index (χ2n) is 8.40. The van der Waals surface area contributed by atoms with Crippen molar-refractivity contribution in [2.75, 3.05) is 0 Å². The number of halogens is 3. The summed E-state index contributed by atoms with van der Waals surface area (Å²) in [6.07, 6.45) is -3.27. The van der Waals surface area contributed by atoms with E-state index in [1.165, 1.54) is 18.3 Å². The molecule has 0 aliphatic carbocycles. The minimum Gasteiger partial charge on any atom is -0.420 e. The summed E-state index contributed by atoms with van der Waals surface area (Å²) in [5.41, 5.74) is 4.46. The topological polar surface area (TPSA) is 121 Å². The average molecular weight is 479 g/mol. The van der Waals surface area contributed by atoms with Crippen molar-refractivity contribution in [3.8, 4) is 23.8 Å². The highest BCUT2D eigenvalue weighted by Gasteiger charge is 2.51. The number of nitrogens with one attached hydrogen (secondary N) is 2. The van der Waals surface area contributed by atoms with E-state index in [0.717, 1.165) is 12.1 Å². The van der Waals surface area contributed by atoms with Crippen LogP contribution in [0.3, 0.4) is 0 Å². The summed E-state index contributed by atoms with van der Waals surface area (Å²) in [5, 5.41) is 16.9. The average Bonchev–Trinajstić information content (AvgIpc) is 3.16. The zero-order valence-corrected chi connectivity index (χ0v) is 19.0. The van der Waals surface area contributed by atoms with Crippen LogP contribution in [-0.4, -0.2) is 15.2 Å². The van der Waals surface area contributed by atoms with Crippen molar-refractivity contribution in [1.82, 2.24) is 15.2 Å². The number of allylic oxidation sites excluding steroid dienone is 1. The van der Waals surface area contributed by atoms with Crippen LogP contribution in [-0.2, 0) is 11.6 Å². The predicted molar refractivity (Wildman–Crippen MR) is 121 cm³/mol. The van der Waals surface area contributed by atoms with Gasteiger partial charge in [0, 0.05) is 17.5 Å². The lowest BCUT2D eigenvalue weighted by Crippen LogP contribution is -2.41. The highest BCUT2D eigenvalue weighted by Crippen LogP contribution is 2.53. The van der Waals surface area contributed by atoms with E-state index < -0.39 is 28.6 Å². The summed E-state index contributed by atoms with van der Waals surface area (Å²) >= 11 is 0. The Hall–Kier alpha value is -4.44. The van der Waals surface area contributed by atoms with Crippen LogP contribution in [0.25, 0.3) is 0 Å². The quantitative estimate of drug-likeness (QED) is 0.482. The molecule has 178 valence electrons. The van der Waals surface area contributed by atoms with Crippen LogP contribution >= 0.6 is 0 Å². The van der Waals surface area contributed by atoms with Gasteiger partial charge in [-0.15, -0.1) is 5.10 Å². The molecule has 35 heavy (non-hydrogen) atoms.